The summed E-state index contributed by atoms with van der Waals surface area (Å²) >= 11 is 2.13. The highest BCUT2D eigenvalue weighted by atomic mass is 127. The van der Waals surface area contributed by atoms with E-state index in [1.807, 2.05) is 6.07 Å². The minimum atomic E-state index is 0.266. The van der Waals surface area contributed by atoms with Crippen LogP contribution in [0.15, 0.2) is 18.2 Å². The van der Waals surface area contributed by atoms with Gasteiger partial charge in [0, 0.05) is 3.57 Å². The molecular weight excluding hydrogens is 227 g/mol. The van der Waals surface area contributed by atoms with E-state index in [0.29, 0.717) is 5.56 Å². The molecule has 1 N–H and O–H groups in total. The normalized spacial score (nSPS) is 9.56. The van der Waals surface area contributed by atoms with Crippen molar-refractivity contribution in [3.05, 3.63) is 34.3 Å². The Kier molecular flexibility index (Phi) is 1.95. The zero-order valence-corrected chi connectivity index (χ0v) is 6.92. The quantitative estimate of drug-likeness (QED) is 0.681. The fraction of sp³-hybridized carbons (Fsp3) is 0. The molecule has 0 saturated heterocycles. The number of aromatic hydroxyl groups is 1. The molecule has 0 fully saturated rings. The maximum absolute atomic E-state index is 9.03. The van der Waals surface area contributed by atoms with Crippen LogP contribution in [0.3, 0.4) is 0 Å². The average molecular weight is 233 g/mol. The molecule has 1 rings (SSSR count). The SMILES string of the molecule is [CH2]c1ccc(I)cc1O. The highest BCUT2D eigenvalue weighted by Gasteiger charge is 1.93. The van der Waals surface area contributed by atoms with Gasteiger partial charge < -0.3 is 5.11 Å². The summed E-state index contributed by atoms with van der Waals surface area (Å²) in [6.07, 6.45) is 0. The number of phenols is 1. The molecule has 0 aliphatic rings. The molecule has 0 atom stereocenters. The van der Waals surface area contributed by atoms with Crippen LogP contribution in [0, 0.1) is 10.5 Å². The summed E-state index contributed by atoms with van der Waals surface area (Å²) in [6.45, 7) is 3.61. The molecule has 0 heterocycles. The Morgan fingerprint density at radius 2 is 2.11 bits per heavy atom. The van der Waals surface area contributed by atoms with Gasteiger partial charge in [-0.15, -0.1) is 0 Å². The van der Waals surface area contributed by atoms with Crippen molar-refractivity contribution in [3.63, 3.8) is 0 Å². The molecule has 0 saturated carbocycles. The summed E-state index contributed by atoms with van der Waals surface area (Å²) in [5.41, 5.74) is 0.676. The van der Waals surface area contributed by atoms with E-state index in [1.54, 1.807) is 12.1 Å². The minimum absolute atomic E-state index is 0.266. The third-order valence-corrected chi connectivity index (χ3v) is 1.72. The number of phenolic OH excluding ortho intramolecular Hbond substituents is 1. The van der Waals surface area contributed by atoms with Crippen LogP contribution in [-0.4, -0.2) is 5.11 Å². The third-order valence-electron chi connectivity index (χ3n) is 1.05. The molecule has 1 aromatic carbocycles. The van der Waals surface area contributed by atoms with E-state index in [4.69, 9.17) is 5.11 Å². The Labute approximate surface area is 67.9 Å². The first kappa shape index (κ1) is 6.86. The van der Waals surface area contributed by atoms with E-state index >= 15 is 0 Å². The van der Waals surface area contributed by atoms with Crippen LogP contribution in [0.1, 0.15) is 5.56 Å². The van der Waals surface area contributed by atoms with Crippen molar-refractivity contribution in [1.82, 2.24) is 0 Å². The maximum atomic E-state index is 9.03. The van der Waals surface area contributed by atoms with Crippen molar-refractivity contribution in [2.24, 2.45) is 0 Å². The van der Waals surface area contributed by atoms with Crippen molar-refractivity contribution >= 4 is 22.6 Å². The van der Waals surface area contributed by atoms with Gasteiger partial charge in [-0.3, -0.25) is 0 Å². The Hall–Kier alpha value is -0.250. The van der Waals surface area contributed by atoms with E-state index in [0.717, 1.165) is 3.57 Å². The predicted molar refractivity (Wildman–Crippen MR) is 45.3 cm³/mol. The predicted octanol–water partition coefficient (Wildman–Crippen LogP) is 2.18. The number of hydrogen-bond acceptors (Lipinski definition) is 1. The van der Waals surface area contributed by atoms with Crippen molar-refractivity contribution in [3.8, 4) is 5.75 Å². The molecule has 9 heavy (non-hydrogen) atoms. The van der Waals surface area contributed by atoms with Crippen molar-refractivity contribution in [2.75, 3.05) is 0 Å². The summed E-state index contributed by atoms with van der Waals surface area (Å²) in [6, 6.07) is 5.38. The van der Waals surface area contributed by atoms with Gasteiger partial charge in [-0.05, 0) is 47.2 Å². The zero-order chi connectivity index (χ0) is 6.85. The molecule has 1 aromatic rings. The molecule has 0 spiro atoms. The van der Waals surface area contributed by atoms with Crippen LogP contribution >= 0.6 is 22.6 Å². The van der Waals surface area contributed by atoms with Crippen LogP contribution < -0.4 is 0 Å². The molecule has 0 aromatic heterocycles. The number of rotatable bonds is 0. The lowest BCUT2D eigenvalue weighted by Crippen LogP contribution is -1.74. The number of hydrogen-bond donors (Lipinski definition) is 1. The molecule has 2 heteroatoms. The fourth-order valence-electron chi connectivity index (χ4n) is 0.537. The smallest absolute Gasteiger partial charge is 0.119 e. The van der Waals surface area contributed by atoms with Gasteiger partial charge in [0.05, 0.1) is 0 Å². The van der Waals surface area contributed by atoms with Gasteiger partial charge in [-0.25, -0.2) is 0 Å². The van der Waals surface area contributed by atoms with Crippen molar-refractivity contribution in [1.29, 1.82) is 0 Å². The van der Waals surface area contributed by atoms with E-state index in [2.05, 4.69) is 29.5 Å². The monoisotopic (exact) mass is 233 g/mol. The fourth-order valence-corrected chi connectivity index (χ4v) is 1.01. The molecule has 1 radical (unpaired) electrons. The van der Waals surface area contributed by atoms with E-state index in [9.17, 15) is 0 Å². The largest absolute Gasteiger partial charge is 0.508 e. The summed E-state index contributed by atoms with van der Waals surface area (Å²) in [5, 5.41) is 9.03. The molecule has 0 aliphatic carbocycles. The van der Waals surface area contributed by atoms with Gasteiger partial charge in [0.1, 0.15) is 5.75 Å². The zero-order valence-electron chi connectivity index (χ0n) is 4.76. The Morgan fingerprint density at radius 1 is 1.44 bits per heavy atom. The van der Waals surface area contributed by atoms with Gasteiger partial charge in [0.25, 0.3) is 0 Å². The van der Waals surface area contributed by atoms with Crippen LogP contribution in [0.2, 0.25) is 0 Å². The third kappa shape index (κ3) is 1.58. The summed E-state index contributed by atoms with van der Waals surface area (Å²) in [7, 11) is 0. The van der Waals surface area contributed by atoms with Gasteiger partial charge >= 0.3 is 0 Å². The Morgan fingerprint density at radius 3 is 2.56 bits per heavy atom. The molecule has 0 unspecified atom stereocenters. The van der Waals surface area contributed by atoms with E-state index < -0.39 is 0 Å². The Bertz CT molecular complexity index is 220. The number of benzene rings is 1. The van der Waals surface area contributed by atoms with Crippen LogP contribution in [0.5, 0.6) is 5.75 Å². The maximum Gasteiger partial charge on any atom is 0.119 e. The van der Waals surface area contributed by atoms with Crippen LogP contribution in [-0.2, 0) is 0 Å². The first-order valence-electron chi connectivity index (χ1n) is 2.50. The lowest BCUT2D eigenvalue weighted by Gasteiger charge is -1.95. The van der Waals surface area contributed by atoms with Crippen LogP contribution in [0.4, 0.5) is 0 Å². The van der Waals surface area contributed by atoms with Crippen LogP contribution in [0.25, 0.3) is 0 Å². The summed E-state index contributed by atoms with van der Waals surface area (Å²) in [5.74, 6) is 0.266. The summed E-state index contributed by atoms with van der Waals surface area (Å²) < 4.78 is 1.03. The van der Waals surface area contributed by atoms with Gasteiger partial charge in [-0.2, -0.15) is 0 Å². The second kappa shape index (κ2) is 2.56. The minimum Gasteiger partial charge on any atom is -0.508 e. The standard InChI is InChI=1S/C7H6IO/c1-5-2-3-6(8)4-7(5)9/h2-4,9H,1H2. The van der Waals surface area contributed by atoms with E-state index in [1.165, 1.54) is 0 Å². The van der Waals surface area contributed by atoms with E-state index in [-0.39, 0.29) is 5.75 Å². The lowest BCUT2D eigenvalue weighted by molar-refractivity contribution is 0.472. The molecule has 0 aliphatic heterocycles. The average Bonchev–Trinajstić information content (AvgIpc) is 1.80. The second-order valence-corrected chi connectivity index (χ2v) is 3.02. The molecule has 47 valence electrons. The van der Waals surface area contributed by atoms with Gasteiger partial charge in [-0.1, -0.05) is 6.07 Å². The van der Waals surface area contributed by atoms with Gasteiger partial charge in [0.15, 0.2) is 0 Å². The topological polar surface area (TPSA) is 20.2 Å². The van der Waals surface area contributed by atoms with Crippen molar-refractivity contribution in [2.45, 2.75) is 0 Å². The van der Waals surface area contributed by atoms with Crippen molar-refractivity contribution < 1.29 is 5.11 Å². The first-order valence-corrected chi connectivity index (χ1v) is 3.58. The molecular formula is C7H6IO. The molecule has 1 nitrogen and oxygen atoms in total. The molecule has 0 amide bonds. The highest BCUT2D eigenvalue weighted by Crippen LogP contribution is 2.17. The van der Waals surface area contributed by atoms with Gasteiger partial charge in [0.2, 0.25) is 0 Å². The lowest BCUT2D eigenvalue weighted by atomic mass is 10.2. The Balaban J connectivity index is 3.17. The second-order valence-electron chi connectivity index (χ2n) is 1.77. The number of halogens is 1. The highest BCUT2D eigenvalue weighted by molar-refractivity contribution is 14.1. The molecule has 0 bridgehead atoms. The first-order chi connectivity index (χ1) is 4.20. The summed E-state index contributed by atoms with van der Waals surface area (Å²) in [4.78, 5) is 0.